The molecule has 0 aliphatic carbocycles. The molecule has 0 fully saturated rings. The Hall–Kier alpha value is -1.29. The quantitative estimate of drug-likeness (QED) is 0.688. The van der Waals surface area contributed by atoms with Crippen LogP contribution in [0.5, 0.6) is 0 Å². The van der Waals surface area contributed by atoms with Crippen molar-refractivity contribution in [3.63, 3.8) is 0 Å². The molecule has 0 aliphatic rings. The molecule has 92 valence electrons. The molecule has 0 aromatic heterocycles. The van der Waals surface area contributed by atoms with Crippen LogP contribution >= 0.6 is 15.9 Å². The number of nitrogens with zero attached hydrogens (tertiary/aromatic N) is 1. The topological polar surface area (TPSA) is 46.3 Å². The lowest BCUT2D eigenvalue weighted by atomic mass is 10.1. The van der Waals surface area contributed by atoms with Crippen molar-refractivity contribution in [1.82, 2.24) is 4.90 Å². The molecule has 2 N–H and O–H groups in total. The molecule has 0 heterocycles. The molecule has 1 rings (SSSR count). The van der Waals surface area contributed by atoms with Gasteiger partial charge in [0.2, 0.25) is 0 Å². The summed E-state index contributed by atoms with van der Waals surface area (Å²) in [5.74, 6) is -0.0431. The van der Waals surface area contributed by atoms with Crippen LogP contribution in [0.2, 0.25) is 0 Å². The Kier molecular flexibility index (Phi) is 4.34. The van der Waals surface area contributed by atoms with Gasteiger partial charge in [-0.3, -0.25) is 4.79 Å². The van der Waals surface area contributed by atoms with Gasteiger partial charge in [0.15, 0.2) is 0 Å². The number of carbonyl (C=O) groups excluding carboxylic acids is 1. The number of rotatable bonds is 3. The van der Waals surface area contributed by atoms with E-state index in [-0.39, 0.29) is 5.91 Å². The Morgan fingerprint density at radius 1 is 1.53 bits per heavy atom. The lowest BCUT2D eigenvalue weighted by molar-refractivity contribution is 0.0806. The molecule has 3 nitrogen and oxygen atoms in total. The molecule has 0 spiro atoms. The summed E-state index contributed by atoms with van der Waals surface area (Å²) in [6, 6.07) is 3.59. The standard InChI is InChI=1S/C13H17BrN2O/c1-8(2)7-16(4)13(17)11-5-10(14)6-12(15)9(11)3/h5-6H,1,7,15H2,2-4H3. The Balaban J connectivity index is 3.08. The second kappa shape index (κ2) is 5.36. The molecule has 0 unspecified atom stereocenters. The lowest BCUT2D eigenvalue weighted by Gasteiger charge is -2.19. The maximum Gasteiger partial charge on any atom is 0.254 e. The first kappa shape index (κ1) is 13.8. The lowest BCUT2D eigenvalue weighted by Crippen LogP contribution is -2.28. The van der Waals surface area contributed by atoms with Gasteiger partial charge in [-0.15, -0.1) is 0 Å². The smallest absolute Gasteiger partial charge is 0.254 e. The second-order valence-electron chi connectivity index (χ2n) is 4.29. The third kappa shape index (κ3) is 3.33. The minimum absolute atomic E-state index is 0.0431. The largest absolute Gasteiger partial charge is 0.398 e. The summed E-state index contributed by atoms with van der Waals surface area (Å²) in [6.07, 6.45) is 0. The van der Waals surface area contributed by atoms with E-state index in [1.165, 1.54) is 0 Å². The third-order valence-corrected chi connectivity index (χ3v) is 2.95. The van der Waals surface area contributed by atoms with Crippen molar-refractivity contribution >= 4 is 27.5 Å². The van der Waals surface area contributed by atoms with Crippen LogP contribution in [0.1, 0.15) is 22.8 Å². The van der Waals surface area contributed by atoms with Gasteiger partial charge >= 0.3 is 0 Å². The fourth-order valence-electron chi connectivity index (χ4n) is 1.60. The van der Waals surface area contributed by atoms with Crippen LogP contribution in [0.15, 0.2) is 28.8 Å². The highest BCUT2D eigenvalue weighted by Gasteiger charge is 2.16. The third-order valence-electron chi connectivity index (χ3n) is 2.50. The molecule has 0 saturated heterocycles. The van der Waals surface area contributed by atoms with Crippen molar-refractivity contribution in [3.8, 4) is 0 Å². The summed E-state index contributed by atoms with van der Waals surface area (Å²) >= 11 is 3.35. The predicted molar refractivity (Wildman–Crippen MR) is 75.1 cm³/mol. The Bertz CT molecular complexity index is 469. The summed E-state index contributed by atoms with van der Waals surface area (Å²) in [7, 11) is 1.76. The number of benzene rings is 1. The minimum Gasteiger partial charge on any atom is -0.398 e. The summed E-state index contributed by atoms with van der Waals surface area (Å²) < 4.78 is 0.813. The monoisotopic (exact) mass is 296 g/mol. The minimum atomic E-state index is -0.0431. The Morgan fingerprint density at radius 2 is 2.12 bits per heavy atom. The zero-order valence-electron chi connectivity index (χ0n) is 10.4. The number of anilines is 1. The highest BCUT2D eigenvalue weighted by molar-refractivity contribution is 9.10. The average molecular weight is 297 g/mol. The highest BCUT2D eigenvalue weighted by atomic mass is 79.9. The highest BCUT2D eigenvalue weighted by Crippen LogP contribution is 2.23. The van der Waals surface area contributed by atoms with Gasteiger partial charge in [-0.1, -0.05) is 28.1 Å². The molecule has 0 radical (unpaired) electrons. The van der Waals surface area contributed by atoms with E-state index in [0.717, 1.165) is 15.6 Å². The van der Waals surface area contributed by atoms with Gasteiger partial charge in [-0.05, 0) is 31.5 Å². The van der Waals surface area contributed by atoms with E-state index >= 15 is 0 Å². The summed E-state index contributed by atoms with van der Waals surface area (Å²) in [5.41, 5.74) is 8.84. The van der Waals surface area contributed by atoms with Crippen LogP contribution in [0.25, 0.3) is 0 Å². The zero-order chi connectivity index (χ0) is 13.2. The van der Waals surface area contributed by atoms with Crippen molar-refractivity contribution in [2.45, 2.75) is 13.8 Å². The molecule has 0 bridgehead atoms. The van der Waals surface area contributed by atoms with Gasteiger partial charge in [0.1, 0.15) is 0 Å². The number of nitrogens with two attached hydrogens (primary N) is 1. The van der Waals surface area contributed by atoms with Gasteiger partial charge in [-0.25, -0.2) is 0 Å². The van der Waals surface area contributed by atoms with E-state index in [4.69, 9.17) is 5.73 Å². The molecule has 0 aliphatic heterocycles. The SMILES string of the molecule is C=C(C)CN(C)C(=O)c1cc(Br)cc(N)c1C. The predicted octanol–water partition coefficient (Wildman–Crippen LogP) is 2.99. The van der Waals surface area contributed by atoms with Crippen LogP contribution in [-0.2, 0) is 0 Å². The molecule has 0 saturated carbocycles. The van der Waals surface area contributed by atoms with Gasteiger partial charge in [0, 0.05) is 29.3 Å². The fraction of sp³-hybridized carbons (Fsp3) is 0.308. The first-order chi connectivity index (χ1) is 7.82. The maximum atomic E-state index is 12.2. The number of amides is 1. The van der Waals surface area contributed by atoms with E-state index in [1.807, 2.05) is 13.8 Å². The van der Waals surface area contributed by atoms with Crippen molar-refractivity contribution < 1.29 is 4.79 Å². The van der Waals surface area contributed by atoms with Crippen molar-refractivity contribution in [2.24, 2.45) is 0 Å². The fourth-order valence-corrected chi connectivity index (χ4v) is 2.08. The maximum absolute atomic E-state index is 12.2. The first-order valence-corrected chi connectivity index (χ1v) is 6.07. The van der Waals surface area contributed by atoms with Crippen molar-refractivity contribution in [2.75, 3.05) is 19.3 Å². The Morgan fingerprint density at radius 3 is 2.65 bits per heavy atom. The second-order valence-corrected chi connectivity index (χ2v) is 5.20. The number of halogens is 1. The van der Waals surface area contributed by atoms with Gasteiger partial charge in [0.05, 0.1) is 0 Å². The van der Waals surface area contributed by atoms with E-state index < -0.39 is 0 Å². The number of likely N-dealkylation sites (N-methyl/N-ethyl adjacent to an activating group) is 1. The molecule has 1 aromatic rings. The van der Waals surface area contributed by atoms with E-state index in [0.29, 0.717) is 17.8 Å². The van der Waals surface area contributed by atoms with Gasteiger partial charge in [-0.2, -0.15) is 0 Å². The molecular weight excluding hydrogens is 280 g/mol. The molecule has 4 heteroatoms. The zero-order valence-corrected chi connectivity index (χ0v) is 12.0. The Labute approximate surface area is 110 Å². The van der Waals surface area contributed by atoms with E-state index in [2.05, 4.69) is 22.5 Å². The number of nitrogen functional groups attached to an aromatic ring is 1. The summed E-state index contributed by atoms with van der Waals surface area (Å²) in [4.78, 5) is 13.8. The average Bonchev–Trinajstić information content (AvgIpc) is 2.21. The number of hydrogen-bond acceptors (Lipinski definition) is 2. The van der Waals surface area contributed by atoms with E-state index in [1.54, 1.807) is 24.1 Å². The molecule has 1 aromatic carbocycles. The number of carbonyl (C=O) groups is 1. The van der Waals surface area contributed by atoms with E-state index in [9.17, 15) is 4.79 Å². The van der Waals surface area contributed by atoms with Crippen molar-refractivity contribution in [1.29, 1.82) is 0 Å². The number of hydrogen-bond donors (Lipinski definition) is 1. The first-order valence-electron chi connectivity index (χ1n) is 5.28. The summed E-state index contributed by atoms with van der Waals surface area (Å²) in [6.45, 7) is 8.09. The molecule has 0 atom stereocenters. The van der Waals surface area contributed by atoms with Crippen LogP contribution in [0.3, 0.4) is 0 Å². The van der Waals surface area contributed by atoms with Gasteiger partial charge < -0.3 is 10.6 Å². The van der Waals surface area contributed by atoms with Crippen LogP contribution in [0.4, 0.5) is 5.69 Å². The van der Waals surface area contributed by atoms with Crippen molar-refractivity contribution in [3.05, 3.63) is 39.9 Å². The normalized spacial score (nSPS) is 10.1. The van der Waals surface area contributed by atoms with Crippen LogP contribution < -0.4 is 5.73 Å². The molecular formula is C13H17BrN2O. The molecule has 17 heavy (non-hydrogen) atoms. The van der Waals surface area contributed by atoms with Gasteiger partial charge in [0.25, 0.3) is 5.91 Å². The van der Waals surface area contributed by atoms with Crippen LogP contribution in [-0.4, -0.2) is 24.4 Å². The molecule has 1 amide bonds. The summed E-state index contributed by atoms with van der Waals surface area (Å²) in [5, 5.41) is 0. The van der Waals surface area contributed by atoms with Crippen LogP contribution in [0, 0.1) is 6.92 Å².